The van der Waals surface area contributed by atoms with Gasteiger partial charge in [-0.25, -0.2) is 38.1 Å². The van der Waals surface area contributed by atoms with Crippen molar-refractivity contribution in [2.45, 2.75) is 98.3 Å². The van der Waals surface area contributed by atoms with Crippen LogP contribution in [0.5, 0.6) is 23.0 Å². The summed E-state index contributed by atoms with van der Waals surface area (Å²) in [5.74, 6) is -0.778. The van der Waals surface area contributed by atoms with Crippen molar-refractivity contribution >= 4 is 46.0 Å². The van der Waals surface area contributed by atoms with E-state index in [4.69, 9.17) is 31.1 Å². The minimum atomic E-state index is -0.576. The first-order valence-electron chi connectivity index (χ1n) is 25.7. The Kier molecular flexibility index (Phi) is 15.5. The SMILES string of the molecule is Cc1ccc(-n2nc(C(C)(C)C)cc2CC(=O)Cc2ccc(Oc3ccnc4[nH]c(=O)c(N)nc34)cc2F)cc1.Cc1ccc(-n2nc(C(C)(C)C)cc2CC(=O)Cc2ccc(Oc3ccnc4c3CC(=O)C(N)=N4)cc2F)cc1. The predicted octanol–water partition coefficient (Wildman–Crippen LogP) is 10.3. The summed E-state index contributed by atoms with van der Waals surface area (Å²) in [6, 6.07) is 31.5. The van der Waals surface area contributed by atoms with Gasteiger partial charge in [-0.15, -0.1) is 0 Å². The van der Waals surface area contributed by atoms with E-state index in [9.17, 15) is 19.2 Å². The van der Waals surface area contributed by atoms with E-state index in [0.29, 0.717) is 17.1 Å². The van der Waals surface area contributed by atoms with Crippen LogP contribution in [0.2, 0.25) is 0 Å². The fraction of sp³-hybridized carbons (Fsp3) is 0.246. The van der Waals surface area contributed by atoms with Crippen molar-refractivity contribution in [2.75, 3.05) is 5.73 Å². The molecule has 6 heterocycles. The quantitative estimate of drug-likeness (QED) is 0.0919. The molecule has 0 fully saturated rings. The normalized spacial score (nSPS) is 12.4. The van der Waals surface area contributed by atoms with E-state index in [1.165, 1.54) is 42.7 Å². The Balaban J connectivity index is 0.000000194. The van der Waals surface area contributed by atoms with Gasteiger partial charge in [0, 0.05) is 79.1 Å². The molecule has 0 amide bonds. The maximum absolute atomic E-state index is 15.1. The summed E-state index contributed by atoms with van der Waals surface area (Å²) in [6.45, 7) is 16.4. The van der Waals surface area contributed by atoms with Gasteiger partial charge in [0.2, 0.25) is 5.78 Å². The minimum absolute atomic E-state index is 0.000985. The number of nitrogen functional groups attached to an aromatic ring is 1. The van der Waals surface area contributed by atoms with Gasteiger partial charge in [0.15, 0.2) is 34.4 Å². The first kappa shape index (κ1) is 55.2. The van der Waals surface area contributed by atoms with Gasteiger partial charge in [-0.3, -0.25) is 19.2 Å². The Bertz CT molecular complexity index is 3940. The number of benzene rings is 4. The summed E-state index contributed by atoms with van der Waals surface area (Å²) in [5, 5.41) is 9.56. The molecule has 10 rings (SSSR count). The number of aliphatic imine (C=N–C) groups is 1. The Hall–Kier alpha value is -9.52. The van der Waals surface area contributed by atoms with E-state index >= 15 is 8.78 Å². The van der Waals surface area contributed by atoms with Gasteiger partial charge in [0.25, 0.3) is 5.56 Å². The van der Waals surface area contributed by atoms with Crippen molar-refractivity contribution in [2.24, 2.45) is 10.7 Å². The first-order valence-corrected chi connectivity index (χ1v) is 25.7. The van der Waals surface area contributed by atoms with Crippen molar-refractivity contribution in [1.29, 1.82) is 0 Å². The standard InChI is InChI=1S/C31H30FN5O3.C30H29FN6O3/c1-18-5-8-20(9-6-18)37-21(15-28(36-37)31(2,3)4)14-22(38)13-19-7-10-23(16-25(19)32)40-27-11-12-34-30-24(27)17-26(39)29(33)35-30;1-17-5-8-19(9-6-17)37-20(15-25(36-37)30(2,3)4)14-21(38)13-18-7-10-22(16-23(18)31)40-24-11-12-33-28-26(24)34-27(32)29(39)35-28/h5-12,15-16H,13-14,17H2,1-4H3,(H2,33,34,35);5-12,15-16H,13-14H2,1-4H3,(H2,32,34)(H,33,35,39). The van der Waals surface area contributed by atoms with Crippen LogP contribution in [0.25, 0.3) is 22.5 Å². The number of ether oxygens (including phenoxy) is 2. The molecule has 0 unspecified atom stereocenters. The smallest absolute Gasteiger partial charge is 0.292 e. The van der Waals surface area contributed by atoms with E-state index in [1.54, 1.807) is 27.6 Å². The monoisotopic (exact) mass is 1080 g/mol. The molecule has 0 aliphatic carbocycles. The summed E-state index contributed by atoms with van der Waals surface area (Å²) in [6.07, 6.45) is 2.95. The number of ketones is 3. The predicted molar refractivity (Wildman–Crippen MR) is 301 cm³/mol. The second-order valence-electron chi connectivity index (χ2n) is 21.7. The fourth-order valence-corrected chi connectivity index (χ4v) is 8.63. The molecule has 5 aromatic heterocycles. The fourth-order valence-electron chi connectivity index (χ4n) is 8.63. The van der Waals surface area contributed by atoms with Crippen LogP contribution >= 0.6 is 0 Å². The molecular formula is C61H59F2N11O6. The van der Waals surface area contributed by atoms with Crippen LogP contribution in [0, 0.1) is 25.5 Å². The lowest BCUT2D eigenvalue weighted by Crippen LogP contribution is -2.28. The van der Waals surface area contributed by atoms with Crippen LogP contribution < -0.4 is 26.5 Å². The van der Waals surface area contributed by atoms with Gasteiger partial charge in [-0.1, -0.05) is 89.1 Å². The zero-order valence-corrected chi connectivity index (χ0v) is 45.5. The molecule has 0 atom stereocenters. The molecule has 9 aromatic rings. The number of anilines is 1. The Morgan fingerprint density at radius 3 is 1.59 bits per heavy atom. The lowest BCUT2D eigenvalue weighted by atomic mass is 9.92. The zero-order valence-electron chi connectivity index (χ0n) is 45.5. The van der Waals surface area contributed by atoms with Crippen molar-refractivity contribution in [3.63, 3.8) is 0 Å². The minimum Gasteiger partial charge on any atom is -0.457 e. The van der Waals surface area contributed by atoms with Crippen LogP contribution in [-0.2, 0) is 57.3 Å². The van der Waals surface area contributed by atoms with Crippen LogP contribution in [0.3, 0.4) is 0 Å². The highest BCUT2D eigenvalue weighted by Crippen LogP contribution is 2.35. The van der Waals surface area contributed by atoms with Crippen LogP contribution in [-0.4, -0.2) is 62.7 Å². The molecule has 0 saturated heterocycles. The molecule has 0 bridgehead atoms. The third-order valence-corrected chi connectivity index (χ3v) is 13.1. The number of nitrogens with zero attached hydrogens (tertiary/aromatic N) is 8. The third kappa shape index (κ3) is 12.7. The molecule has 19 heteroatoms. The lowest BCUT2D eigenvalue weighted by molar-refractivity contribution is -0.118. The van der Waals surface area contributed by atoms with E-state index in [2.05, 4.69) is 66.5 Å². The number of hydrogen-bond acceptors (Lipinski definition) is 14. The van der Waals surface area contributed by atoms with Crippen molar-refractivity contribution in [3.05, 3.63) is 194 Å². The number of nitrogens with two attached hydrogens (primary N) is 2. The second-order valence-corrected chi connectivity index (χ2v) is 21.7. The first-order chi connectivity index (χ1) is 37.9. The molecule has 0 spiro atoms. The molecule has 1 aliphatic heterocycles. The molecule has 1 aliphatic rings. The van der Waals surface area contributed by atoms with Gasteiger partial charge < -0.3 is 25.9 Å². The van der Waals surface area contributed by atoms with E-state index in [-0.39, 0.29) is 111 Å². The molecule has 17 nitrogen and oxygen atoms in total. The lowest BCUT2D eigenvalue weighted by Gasteiger charge is -2.16. The second kappa shape index (κ2) is 22.4. The number of amidine groups is 1. The number of H-pyrrole nitrogens is 1. The summed E-state index contributed by atoms with van der Waals surface area (Å²) in [5.41, 5.74) is 18.9. The van der Waals surface area contributed by atoms with Crippen molar-refractivity contribution in [1.82, 2.24) is 39.5 Å². The third-order valence-electron chi connectivity index (χ3n) is 13.1. The molecule has 80 heavy (non-hydrogen) atoms. The maximum atomic E-state index is 15.1. The number of nitrogens with one attached hydrogen (secondary N) is 1. The molecular weight excluding hydrogens is 1020 g/mol. The van der Waals surface area contributed by atoms with E-state index in [0.717, 1.165) is 45.3 Å². The van der Waals surface area contributed by atoms with Crippen molar-refractivity contribution in [3.8, 4) is 34.4 Å². The number of halogens is 2. The zero-order chi connectivity index (χ0) is 57.2. The van der Waals surface area contributed by atoms with Gasteiger partial charge >= 0.3 is 0 Å². The highest BCUT2D eigenvalue weighted by Gasteiger charge is 2.26. The summed E-state index contributed by atoms with van der Waals surface area (Å²) in [4.78, 5) is 68.8. The Morgan fingerprint density at radius 2 is 1.10 bits per heavy atom. The van der Waals surface area contributed by atoms with Gasteiger partial charge in [-0.05, 0) is 79.6 Å². The number of carbonyl (C=O) groups excluding carboxylic acids is 3. The molecule has 4 aromatic carbocycles. The van der Waals surface area contributed by atoms with Crippen LogP contribution in [0.4, 0.5) is 20.4 Å². The largest absolute Gasteiger partial charge is 0.457 e. The average molecular weight is 1080 g/mol. The highest BCUT2D eigenvalue weighted by atomic mass is 19.1. The molecule has 5 N–H and O–H groups in total. The summed E-state index contributed by atoms with van der Waals surface area (Å²) >= 11 is 0. The molecule has 0 saturated carbocycles. The number of pyridine rings is 2. The van der Waals surface area contributed by atoms with Gasteiger partial charge in [0.05, 0.1) is 34.2 Å². The summed E-state index contributed by atoms with van der Waals surface area (Å²) in [7, 11) is 0. The topological polar surface area (TPSA) is 241 Å². The Labute approximate surface area is 459 Å². The number of aromatic amines is 1. The molecule has 0 radical (unpaired) electrons. The van der Waals surface area contributed by atoms with Crippen LogP contribution in [0.1, 0.15) is 92.1 Å². The van der Waals surface area contributed by atoms with Crippen molar-refractivity contribution < 1.29 is 32.6 Å². The number of fused-ring (bicyclic) bond motifs is 2. The van der Waals surface area contributed by atoms with E-state index < -0.39 is 17.2 Å². The average Bonchev–Trinajstić information content (AvgIpc) is 4.04. The number of Topliss-reactive ketones (excluding diaryl/α,β-unsaturated/α-hetero) is 3. The van der Waals surface area contributed by atoms with Crippen LogP contribution in [0.15, 0.2) is 131 Å². The van der Waals surface area contributed by atoms with Gasteiger partial charge in [-0.2, -0.15) is 10.2 Å². The summed E-state index contributed by atoms with van der Waals surface area (Å²) < 4.78 is 45.4. The maximum Gasteiger partial charge on any atom is 0.292 e. The number of aromatic nitrogens is 8. The number of aryl methyl sites for hydroxylation is 2. The number of carbonyl (C=O) groups is 3. The highest BCUT2D eigenvalue weighted by molar-refractivity contribution is 6.40. The van der Waals surface area contributed by atoms with E-state index in [1.807, 2.05) is 74.5 Å². The Morgan fingerprint density at radius 1 is 0.625 bits per heavy atom. The van der Waals surface area contributed by atoms with Gasteiger partial charge in [0.1, 0.15) is 40.4 Å². The number of rotatable bonds is 14. The molecule has 408 valence electrons. The number of hydrogen-bond donors (Lipinski definition) is 3.